The number of fused-ring (bicyclic) bond motifs is 4. The van der Waals surface area contributed by atoms with E-state index in [1.165, 1.54) is 33.4 Å². The molecular weight excluding hydrogens is 635 g/mol. The van der Waals surface area contributed by atoms with Crippen molar-refractivity contribution in [1.29, 1.82) is 0 Å². The summed E-state index contributed by atoms with van der Waals surface area (Å²) in [5, 5.41) is 11.1. The zero-order chi connectivity index (χ0) is 35.6. The molecule has 4 nitrogen and oxygen atoms in total. The third kappa shape index (κ3) is 4.90. The highest BCUT2D eigenvalue weighted by Gasteiger charge is 2.38. The number of rotatable bonds is 6. The van der Waals surface area contributed by atoms with Gasteiger partial charge in [0.15, 0.2) is 0 Å². The van der Waals surface area contributed by atoms with Crippen LogP contribution >= 0.6 is 0 Å². The van der Waals surface area contributed by atoms with E-state index in [0.29, 0.717) is 11.4 Å². The number of aromatic hydroxyl groups is 1. The summed E-state index contributed by atoms with van der Waals surface area (Å²) in [7, 11) is 0. The molecular formula is C48H39N3O. The maximum Gasteiger partial charge on any atom is 0.149 e. The number of para-hydroxylation sites is 3. The van der Waals surface area contributed by atoms with Crippen molar-refractivity contribution < 1.29 is 5.11 Å². The Hall–Kier alpha value is -6.26. The highest BCUT2D eigenvalue weighted by atomic mass is 16.3. The Morgan fingerprint density at radius 2 is 1.25 bits per heavy atom. The van der Waals surface area contributed by atoms with E-state index in [4.69, 9.17) is 9.97 Å². The summed E-state index contributed by atoms with van der Waals surface area (Å²) in [5.74, 6) is 0.882. The fourth-order valence-electron chi connectivity index (χ4n) is 8.25. The van der Waals surface area contributed by atoms with E-state index >= 15 is 0 Å². The van der Waals surface area contributed by atoms with Crippen LogP contribution in [0, 0.1) is 0 Å². The number of aromatic nitrogens is 3. The number of nitrogens with zero attached hydrogens (tertiary/aromatic N) is 3. The van der Waals surface area contributed by atoms with Crippen LogP contribution in [0.4, 0.5) is 0 Å². The Morgan fingerprint density at radius 3 is 2.02 bits per heavy atom. The second-order valence-electron chi connectivity index (χ2n) is 14.8. The van der Waals surface area contributed by atoms with Gasteiger partial charge in [-0.2, -0.15) is 0 Å². The molecule has 0 spiro atoms. The summed E-state index contributed by atoms with van der Waals surface area (Å²) in [5.41, 5.74) is 14.7. The van der Waals surface area contributed by atoms with E-state index in [-0.39, 0.29) is 16.6 Å². The van der Waals surface area contributed by atoms with Crippen molar-refractivity contribution in [2.45, 2.75) is 38.5 Å². The lowest BCUT2D eigenvalue weighted by atomic mass is 9.75. The van der Waals surface area contributed by atoms with Crippen molar-refractivity contribution >= 4 is 11.0 Å². The monoisotopic (exact) mass is 673 g/mol. The molecule has 0 unspecified atom stereocenters. The van der Waals surface area contributed by atoms with Gasteiger partial charge in [-0.3, -0.25) is 9.55 Å². The van der Waals surface area contributed by atoms with Crippen molar-refractivity contribution in [3.8, 4) is 56.3 Å². The number of hydrogen-bond acceptors (Lipinski definition) is 3. The molecule has 4 heteroatoms. The number of phenols is 1. The van der Waals surface area contributed by atoms with E-state index in [9.17, 15) is 5.11 Å². The average Bonchev–Trinajstić information content (AvgIpc) is 3.68. The van der Waals surface area contributed by atoms with Gasteiger partial charge in [0.25, 0.3) is 0 Å². The van der Waals surface area contributed by atoms with Gasteiger partial charge in [0.1, 0.15) is 11.6 Å². The number of hydrogen-bond donors (Lipinski definition) is 1. The van der Waals surface area contributed by atoms with Gasteiger partial charge in [-0.15, -0.1) is 0 Å². The normalized spacial score (nSPS) is 13.2. The molecule has 0 fully saturated rings. The van der Waals surface area contributed by atoms with Gasteiger partial charge in [-0.1, -0.05) is 131 Å². The minimum atomic E-state index is -0.305. The largest absolute Gasteiger partial charge is 0.507 e. The molecule has 6 aromatic carbocycles. The maximum atomic E-state index is 11.1. The van der Waals surface area contributed by atoms with E-state index in [1.54, 1.807) is 6.07 Å². The zero-order valence-corrected chi connectivity index (χ0v) is 29.8. The van der Waals surface area contributed by atoms with Crippen molar-refractivity contribution in [3.05, 3.63) is 180 Å². The first kappa shape index (κ1) is 31.7. The molecule has 1 aliphatic carbocycles. The smallest absolute Gasteiger partial charge is 0.149 e. The maximum absolute atomic E-state index is 11.1. The standard InChI is InChI=1S/C48H39N3O/c1-47(2,33-16-7-5-8-17-33)34-29-31(28-32(30-34)44-43-38(26-27-49-44)37-20-11-13-23-40(37)48(43,3)4)36-22-15-24-41-45(36)50-46(39-21-12-14-25-42(39)52)51(41)35-18-9-6-10-19-35/h5-30,52H,1-4H3. The van der Waals surface area contributed by atoms with Gasteiger partial charge >= 0.3 is 0 Å². The molecule has 9 rings (SSSR count). The molecule has 0 aliphatic heterocycles. The summed E-state index contributed by atoms with van der Waals surface area (Å²) in [6, 6.07) is 52.7. The summed E-state index contributed by atoms with van der Waals surface area (Å²) in [4.78, 5) is 10.5. The van der Waals surface area contributed by atoms with Crippen LogP contribution in [0.2, 0.25) is 0 Å². The van der Waals surface area contributed by atoms with Gasteiger partial charge in [0, 0.05) is 33.8 Å². The first-order valence-corrected chi connectivity index (χ1v) is 17.9. The van der Waals surface area contributed by atoms with Crippen LogP contribution in [0.25, 0.3) is 61.6 Å². The molecule has 252 valence electrons. The molecule has 1 N–H and O–H groups in total. The molecule has 1 aliphatic rings. The lowest BCUT2D eigenvalue weighted by molar-refractivity contribution is 0.477. The van der Waals surface area contributed by atoms with E-state index in [1.807, 2.05) is 42.6 Å². The molecule has 52 heavy (non-hydrogen) atoms. The zero-order valence-electron chi connectivity index (χ0n) is 29.8. The van der Waals surface area contributed by atoms with E-state index in [0.717, 1.165) is 39.1 Å². The van der Waals surface area contributed by atoms with E-state index in [2.05, 4.69) is 141 Å². The van der Waals surface area contributed by atoms with Crippen molar-refractivity contribution in [2.75, 3.05) is 0 Å². The highest BCUT2D eigenvalue weighted by Crippen LogP contribution is 2.52. The summed E-state index contributed by atoms with van der Waals surface area (Å²) in [6.45, 7) is 9.24. The van der Waals surface area contributed by atoms with Crippen LogP contribution in [0.3, 0.4) is 0 Å². The van der Waals surface area contributed by atoms with Crippen LogP contribution in [0.15, 0.2) is 158 Å². The third-order valence-electron chi connectivity index (χ3n) is 11.0. The summed E-state index contributed by atoms with van der Waals surface area (Å²) < 4.78 is 2.15. The molecule has 0 bridgehead atoms. The predicted molar refractivity (Wildman–Crippen MR) is 213 cm³/mol. The summed E-state index contributed by atoms with van der Waals surface area (Å²) >= 11 is 0. The van der Waals surface area contributed by atoms with Gasteiger partial charge in [0.2, 0.25) is 0 Å². The molecule has 0 atom stereocenters. The highest BCUT2D eigenvalue weighted by molar-refractivity contribution is 5.97. The van der Waals surface area contributed by atoms with E-state index < -0.39 is 0 Å². The number of imidazole rings is 1. The van der Waals surface area contributed by atoms with Crippen LogP contribution in [-0.2, 0) is 10.8 Å². The van der Waals surface area contributed by atoms with Gasteiger partial charge in [-0.25, -0.2) is 4.98 Å². The molecule has 0 saturated heterocycles. The van der Waals surface area contributed by atoms with Crippen molar-refractivity contribution in [2.24, 2.45) is 0 Å². The molecule has 0 amide bonds. The second kappa shape index (κ2) is 11.9. The minimum absolute atomic E-state index is 0.193. The quantitative estimate of drug-likeness (QED) is 0.191. The Balaban J connectivity index is 1.33. The van der Waals surface area contributed by atoms with Gasteiger partial charge < -0.3 is 5.11 Å². The third-order valence-corrected chi connectivity index (χ3v) is 11.0. The van der Waals surface area contributed by atoms with Gasteiger partial charge in [0.05, 0.1) is 22.3 Å². The Kier molecular flexibility index (Phi) is 7.27. The molecule has 8 aromatic rings. The Bertz CT molecular complexity index is 2630. The fourth-order valence-corrected chi connectivity index (χ4v) is 8.25. The Morgan fingerprint density at radius 1 is 0.596 bits per heavy atom. The van der Waals surface area contributed by atoms with Crippen LogP contribution in [0.1, 0.15) is 49.9 Å². The number of phenolic OH excluding ortho intramolecular Hbond substituents is 1. The SMILES string of the molecule is CC(C)(c1ccccc1)c1cc(-c2nccc3c2C(C)(C)c2ccccc2-3)cc(-c2cccc3c2nc(-c2ccccc2O)n3-c2ccccc2)c1. The fraction of sp³-hybridized carbons (Fsp3) is 0.125. The summed E-state index contributed by atoms with van der Waals surface area (Å²) in [6.07, 6.45) is 1.96. The van der Waals surface area contributed by atoms with Gasteiger partial charge in [-0.05, 0) is 87.5 Å². The average molecular weight is 674 g/mol. The van der Waals surface area contributed by atoms with Crippen LogP contribution < -0.4 is 0 Å². The molecule has 2 aromatic heterocycles. The van der Waals surface area contributed by atoms with Crippen LogP contribution in [0.5, 0.6) is 5.75 Å². The Labute approximate surface area is 304 Å². The minimum Gasteiger partial charge on any atom is -0.507 e. The first-order valence-electron chi connectivity index (χ1n) is 17.9. The molecule has 2 heterocycles. The number of pyridine rings is 1. The number of benzene rings is 6. The predicted octanol–water partition coefficient (Wildman–Crippen LogP) is 11.8. The van der Waals surface area contributed by atoms with Crippen molar-refractivity contribution in [1.82, 2.24) is 14.5 Å². The topological polar surface area (TPSA) is 50.9 Å². The lowest BCUT2D eigenvalue weighted by Gasteiger charge is -2.28. The molecule has 0 radical (unpaired) electrons. The second-order valence-corrected chi connectivity index (χ2v) is 14.8. The van der Waals surface area contributed by atoms with Crippen molar-refractivity contribution in [3.63, 3.8) is 0 Å². The molecule has 0 saturated carbocycles. The first-order chi connectivity index (χ1) is 25.2. The van der Waals surface area contributed by atoms with Crippen LogP contribution in [-0.4, -0.2) is 19.6 Å². The lowest BCUT2D eigenvalue weighted by Crippen LogP contribution is -2.19.